The summed E-state index contributed by atoms with van der Waals surface area (Å²) in [6, 6.07) is 5.98. The van der Waals surface area contributed by atoms with Gasteiger partial charge in [-0.3, -0.25) is 0 Å². The molecule has 0 heterocycles. The third-order valence-electron chi connectivity index (χ3n) is 1.18. The summed E-state index contributed by atoms with van der Waals surface area (Å²) in [7, 11) is -3.24. The van der Waals surface area contributed by atoms with Crippen LogP contribution in [0.25, 0.3) is 0 Å². The molecule has 0 bridgehead atoms. The van der Waals surface area contributed by atoms with E-state index in [9.17, 15) is 4.21 Å². The fourth-order valence-corrected chi connectivity index (χ4v) is 1.45. The molecule has 1 radical (unpaired) electrons. The summed E-state index contributed by atoms with van der Waals surface area (Å²) >= 11 is 4.34. The Morgan fingerprint density at radius 1 is 1.33 bits per heavy atom. The predicted octanol–water partition coefficient (Wildman–Crippen LogP) is 0.466. The van der Waals surface area contributed by atoms with Crippen molar-refractivity contribution in [2.75, 3.05) is 5.73 Å². The van der Waals surface area contributed by atoms with Crippen molar-refractivity contribution in [3.63, 3.8) is 0 Å². The SMILES string of the molecule is Nc1ccc(S(=O)(O)=S)cc1.[K]. The summed E-state index contributed by atoms with van der Waals surface area (Å²) in [4.78, 5) is 0.224. The van der Waals surface area contributed by atoms with Gasteiger partial charge in [0.25, 0.3) is 0 Å². The Hall–Kier alpha value is 0.986. The predicted molar refractivity (Wildman–Crippen MR) is 53.0 cm³/mol. The van der Waals surface area contributed by atoms with Gasteiger partial charge in [-0.25, -0.2) is 4.21 Å². The van der Waals surface area contributed by atoms with Crippen LogP contribution in [0.15, 0.2) is 29.2 Å². The van der Waals surface area contributed by atoms with Crippen molar-refractivity contribution < 1.29 is 8.76 Å². The van der Waals surface area contributed by atoms with Crippen molar-refractivity contribution in [2.45, 2.75) is 4.90 Å². The minimum Gasteiger partial charge on any atom is -0.399 e. The number of anilines is 1. The van der Waals surface area contributed by atoms with E-state index in [1.54, 1.807) is 0 Å². The third kappa shape index (κ3) is 3.80. The van der Waals surface area contributed by atoms with E-state index in [-0.39, 0.29) is 56.3 Å². The topological polar surface area (TPSA) is 63.3 Å². The molecule has 0 aliphatic carbocycles. The van der Waals surface area contributed by atoms with E-state index < -0.39 is 8.77 Å². The van der Waals surface area contributed by atoms with E-state index in [0.29, 0.717) is 5.69 Å². The van der Waals surface area contributed by atoms with E-state index >= 15 is 0 Å². The largest absolute Gasteiger partial charge is 0.399 e. The molecule has 0 aromatic heterocycles. The van der Waals surface area contributed by atoms with E-state index in [2.05, 4.69) is 11.2 Å². The van der Waals surface area contributed by atoms with Crippen LogP contribution >= 0.6 is 0 Å². The molecule has 1 aromatic carbocycles. The fourth-order valence-electron chi connectivity index (χ4n) is 0.640. The number of rotatable bonds is 1. The number of nitrogen functional groups attached to an aromatic ring is 1. The number of nitrogens with two attached hydrogens (primary N) is 1. The second kappa shape index (κ2) is 5.01. The summed E-state index contributed by atoms with van der Waals surface area (Å²) in [6.45, 7) is 0. The molecule has 12 heavy (non-hydrogen) atoms. The van der Waals surface area contributed by atoms with Gasteiger partial charge in [-0.05, 0) is 24.3 Å². The van der Waals surface area contributed by atoms with Crippen LogP contribution in [0, 0.1) is 0 Å². The van der Waals surface area contributed by atoms with Crippen LogP contribution < -0.4 is 5.73 Å². The monoisotopic (exact) mass is 228 g/mol. The molecule has 0 aliphatic heterocycles. The zero-order valence-corrected chi connectivity index (χ0v) is 11.3. The maximum absolute atomic E-state index is 10.8. The van der Waals surface area contributed by atoms with Gasteiger partial charge in [0.2, 0.25) is 0 Å². The van der Waals surface area contributed by atoms with Gasteiger partial charge in [-0.1, -0.05) is 0 Å². The Bertz CT molecular complexity index is 346. The first-order chi connectivity index (χ1) is 5.00. The van der Waals surface area contributed by atoms with Gasteiger partial charge in [0.1, 0.15) is 0 Å². The van der Waals surface area contributed by atoms with E-state index in [1.807, 2.05) is 0 Å². The number of hydrogen-bond donors (Lipinski definition) is 2. The van der Waals surface area contributed by atoms with Gasteiger partial charge in [0, 0.05) is 68.3 Å². The van der Waals surface area contributed by atoms with Gasteiger partial charge < -0.3 is 10.3 Å². The molecule has 61 valence electrons. The molecule has 1 atom stereocenters. The van der Waals surface area contributed by atoms with Gasteiger partial charge in [-0.2, -0.15) is 0 Å². The second-order valence-corrected chi connectivity index (χ2v) is 4.82. The number of hydrogen-bond acceptors (Lipinski definition) is 3. The summed E-state index contributed by atoms with van der Waals surface area (Å²) < 4.78 is 19.7. The quantitative estimate of drug-likeness (QED) is 0.542. The van der Waals surface area contributed by atoms with Crippen LogP contribution in [0.1, 0.15) is 0 Å². The Labute approximate surface area is 119 Å². The standard InChI is InChI=1S/C6H7NO2S2.K/c7-5-1-3-6(4-2-5)11(8,9)10;/h1-4H,7H2,(H,8,9,10);. The zero-order valence-electron chi connectivity index (χ0n) is 6.56. The first-order valence-electron chi connectivity index (χ1n) is 2.83. The van der Waals surface area contributed by atoms with Crippen LogP contribution in [0.5, 0.6) is 0 Å². The molecule has 0 fully saturated rings. The molecule has 1 aromatic rings. The van der Waals surface area contributed by atoms with E-state index in [0.717, 1.165) is 0 Å². The van der Waals surface area contributed by atoms with Crippen molar-refractivity contribution in [3.8, 4) is 0 Å². The van der Waals surface area contributed by atoms with Gasteiger partial charge in [-0.15, -0.1) is 0 Å². The average Bonchev–Trinajstić information content (AvgIpc) is 1.86. The van der Waals surface area contributed by atoms with Crippen LogP contribution in [-0.4, -0.2) is 60.1 Å². The van der Waals surface area contributed by atoms with Gasteiger partial charge >= 0.3 is 0 Å². The number of benzene rings is 1. The molecule has 1 rings (SSSR count). The van der Waals surface area contributed by atoms with Crippen molar-refractivity contribution in [3.05, 3.63) is 24.3 Å². The Balaban J connectivity index is 0.00000121. The summed E-state index contributed by atoms with van der Waals surface area (Å²) in [5.74, 6) is 0. The Kier molecular flexibility index (Phi) is 5.43. The normalized spacial score (nSPS) is 14.4. The minimum absolute atomic E-state index is 0. The molecule has 3 N–H and O–H groups in total. The molecule has 0 aliphatic rings. The van der Waals surface area contributed by atoms with E-state index in [4.69, 9.17) is 10.3 Å². The maximum atomic E-state index is 10.8. The molecular formula is C6H7KNO2S2. The van der Waals surface area contributed by atoms with Gasteiger partial charge in [0.05, 0.1) is 4.90 Å². The summed E-state index contributed by atoms with van der Waals surface area (Å²) in [5, 5.41) is 0. The van der Waals surface area contributed by atoms with Crippen LogP contribution in [0.3, 0.4) is 0 Å². The molecule has 6 heteroatoms. The molecule has 1 unspecified atom stereocenters. The Morgan fingerprint density at radius 3 is 2.08 bits per heavy atom. The first-order valence-corrected chi connectivity index (χ1v) is 5.27. The molecule has 0 spiro atoms. The third-order valence-corrected chi connectivity index (χ3v) is 2.62. The first kappa shape index (κ1) is 13.0. The van der Waals surface area contributed by atoms with Gasteiger partial charge in [0.15, 0.2) is 8.77 Å². The second-order valence-electron chi connectivity index (χ2n) is 2.04. The van der Waals surface area contributed by atoms with Crippen molar-refractivity contribution >= 4 is 77.0 Å². The molecule has 3 nitrogen and oxygen atoms in total. The van der Waals surface area contributed by atoms with Crippen molar-refractivity contribution in [1.82, 2.24) is 0 Å². The smallest absolute Gasteiger partial charge is 0.171 e. The average molecular weight is 228 g/mol. The maximum Gasteiger partial charge on any atom is 0.171 e. The van der Waals surface area contributed by atoms with Crippen molar-refractivity contribution in [2.24, 2.45) is 0 Å². The van der Waals surface area contributed by atoms with E-state index in [1.165, 1.54) is 24.3 Å². The van der Waals surface area contributed by atoms with Crippen molar-refractivity contribution in [1.29, 1.82) is 0 Å². The fraction of sp³-hybridized carbons (Fsp3) is 0. The minimum atomic E-state index is -3.24. The molecular weight excluding hydrogens is 221 g/mol. The van der Waals surface area contributed by atoms with Crippen LogP contribution in [-0.2, 0) is 20.0 Å². The summed E-state index contributed by atoms with van der Waals surface area (Å²) in [5.41, 5.74) is 5.91. The Morgan fingerprint density at radius 2 is 1.75 bits per heavy atom. The molecule has 0 saturated heterocycles. The van der Waals surface area contributed by atoms with Crippen LogP contribution in [0.2, 0.25) is 0 Å². The van der Waals surface area contributed by atoms with Crippen LogP contribution in [0.4, 0.5) is 5.69 Å². The summed E-state index contributed by atoms with van der Waals surface area (Å²) in [6.07, 6.45) is 0. The zero-order chi connectivity index (χ0) is 8.48. The molecule has 0 saturated carbocycles. The molecule has 0 amide bonds.